The number of nitrogens with one attached hydrogen (secondary N) is 1. The Labute approximate surface area is 153 Å². The monoisotopic (exact) mass is 368 g/mol. The minimum absolute atomic E-state index is 0. The maximum absolute atomic E-state index is 12.5. The molecule has 0 unspecified atom stereocenters. The highest BCUT2D eigenvalue weighted by Gasteiger charge is 2.34. The first-order chi connectivity index (χ1) is 11.1. The van der Waals surface area contributed by atoms with Crippen LogP contribution in [0.15, 0.2) is 36.7 Å². The van der Waals surface area contributed by atoms with Gasteiger partial charge in [0.25, 0.3) is 5.91 Å². The highest BCUT2D eigenvalue weighted by Crippen LogP contribution is 2.28. The molecule has 0 saturated heterocycles. The van der Waals surface area contributed by atoms with Crippen molar-refractivity contribution in [3.05, 3.63) is 52.8 Å². The van der Waals surface area contributed by atoms with Gasteiger partial charge in [-0.25, -0.2) is 0 Å². The van der Waals surface area contributed by atoms with Crippen molar-refractivity contribution in [2.45, 2.75) is 37.8 Å². The summed E-state index contributed by atoms with van der Waals surface area (Å²) in [6.07, 6.45) is 7.46. The van der Waals surface area contributed by atoms with E-state index >= 15 is 0 Å². The fraction of sp³-hybridized carbons (Fsp3) is 0.412. The summed E-state index contributed by atoms with van der Waals surface area (Å²) >= 11 is 6.16. The van der Waals surface area contributed by atoms with E-state index in [2.05, 4.69) is 10.4 Å². The molecule has 0 spiro atoms. The van der Waals surface area contributed by atoms with Crippen LogP contribution in [-0.4, -0.2) is 27.8 Å². The van der Waals surface area contributed by atoms with E-state index in [0.29, 0.717) is 23.7 Å². The number of rotatable bonds is 5. The van der Waals surface area contributed by atoms with Gasteiger partial charge in [0.1, 0.15) is 0 Å². The summed E-state index contributed by atoms with van der Waals surface area (Å²) in [4.78, 5) is 12.5. The zero-order chi connectivity index (χ0) is 16.3. The van der Waals surface area contributed by atoms with Crippen molar-refractivity contribution in [1.82, 2.24) is 15.1 Å². The van der Waals surface area contributed by atoms with Gasteiger partial charge in [0.2, 0.25) is 0 Å². The fourth-order valence-electron chi connectivity index (χ4n) is 3.11. The minimum atomic E-state index is -0.248. The third-order valence-electron chi connectivity index (χ3n) is 4.52. The first-order valence-corrected chi connectivity index (χ1v) is 8.28. The molecule has 1 aliphatic rings. The summed E-state index contributed by atoms with van der Waals surface area (Å²) in [5.74, 6) is -0.109. The molecule has 1 saturated carbocycles. The summed E-state index contributed by atoms with van der Waals surface area (Å²) in [6, 6.07) is 7.62. The lowest BCUT2D eigenvalue weighted by atomic mass is 9.97. The molecular formula is C17H22Cl2N4O. The number of halogens is 2. The summed E-state index contributed by atoms with van der Waals surface area (Å²) < 4.78 is 1.72. The molecule has 1 aliphatic carbocycles. The second-order valence-corrected chi connectivity index (χ2v) is 6.57. The van der Waals surface area contributed by atoms with Crippen LogP contribution in [0.2, 0.25) is 5.02 Å². The molecule has 7 heteroatoms. The van der Waals surface area contributed by atoms with Gasteiger partial charge < -0.3 is 11.1 Å². The molecule has 0 bridgehead atoms. The van der Waals surface area contributed by atoms with Crippen LogP contribution < -0.4 is 11.1 Å². The van der Waals surface area contributed by atoms with Crippen LogP contribution >= 0.6 is 24.0 Å². The van der Waals surface area contributed by atoms with Crippen LogP contribution in [0.25, 0.3) is 0 Å². The highest BCUT2D eigenvalue weighted by atomic mass is 35.5. The molecule has 1 amide bonds. The van der Waals surface area contributed by atoms with Crippen LogP contribution in [0.4, 0.5) is 0 Å². The molecule has 130 valence electrons. The molecule has 1 aromatic heterocycles. The van der Waals surface area contributed by atoms with E-state index in [1.165, 1.54) is 0 Å². The summed E-state index contributed by atoms with van der Waals surface area (Å²) in [5.41, 5.74) is 7.14. The zero-order valence-corrected chi connectivity index (χ0v) is 14.9. The molecule has 3 N–H and O–H groups in total. The summed E-state index contributed by atoms with van der Waals surface area (Å²) in [5, 5.41) is 8.06. The Bertz CT molecular complexity index is 695. The summed E-state index contributed by atoms with van der Waals surface area (Å²) in [7, 11) is 0. The second-order valence-electron chi connectivity index (χ2n) is 6.16. The molecule has 2 aromatic rings. The maximum Gasteiger partial charge on any atom is 0.254 e. The lowest BCUT2D eigenvalue weighted by molar-refractivity contribution is 0.0903. The number of hydrogen-bond donors (Lipinski definition) is 2. The average Bonchev–Trinajstić information content (AvgIpc) is 3.20. The average molecular weight is 369 g/mol. The van der Waals surface area contributed by atoms with Gasteiger partial charge in [-0.1, -0.05) is 42.6 Å². The number of nitrogens with zero attached hydrogens (tertiary/aromatic N) is 2. The van der Waals surface area contributed by atoms with Crippen molar-refractivity contribution in [1.29, 1.82) is 0 Å². The third kappa shape index (κ3) is 4.09. The van der Waals surface area contributed by atoms with Gasteiger partial charge in [-0.05, 0) is 24.5 Å². The van der Waals surface area contributed by atoms with Gasteiger partial charge in [0.15, 0.2) is 0 Å². The number of amides is 1. The first kappa shape index (κ1) is 18.8. The van der Waals surface area contributed by atoms with Gasteiger partial charge >= 0.3 is 0 Å². The van der Waals surface area contributed by atoms with Crippen LogP contribution in [0.1, 0.15) is 41.6 Å². The van der Waals surface area contributed by atoms with E-state index in [-0.39, 0.29) is 23.9 Å². The quantitative estimate of drug-likeness (QED) is 0.851. The molecule has 24 heavy (non-hydrogen) atoms. The Morgan fingerprint density at radius 2 is 2.04 bits per heavy atom. The number of benzene rings is 1. The van der Waals surface area contributed by atoms with Crippen molar-refractivity contribution in [3.8, 4) is 0 Å². The van der Waals surface area contributed by atoms with Gasteiger partial charge in [-0.2, -0.15) is 5.10 Å². The first-order valence-electron chi connectivity index (χ1n) is 7.90. The molecule has 1 heterocycles. The molecule has 0 radical (unpaired) electrons. The predicted octanol–water partition coefficient (Wildman–Crippen LogP) is 3.01. The van der Waals surface area contributed by atoms with Crippen molar-refractivity contribution < 1.29 is 4.79 Å². The number of aromatic nitrogens is 2. The third-order valence-corrected chi connectivity index (χ3v) is 4.88. The molecular weight excluding hydrogens is 347 g/mol. The van der Waals surface area contributed by atoms with Crippen LogP contribution in [-0.2, 0) is 6.54 Å². The van der Waals surface area contributed by atoms with E-state index in [0.717, 1.165) is 31.2 Å². The Morgan fingerprint density at radius 1 is 1.33 bits per heavy atom. The molecule has 1 aromatic carbocycles. The topological polar surface area (TPSA) is 72.9 Å². The number of nitrogens with two attached hydrogens (primary N) is 1. The normalized spacial score (nSPS) is 15.8. The standard InChI is InChI=1S/C17H21ClN4O.ClH/c18-15-6-2-1-5-13(15)10-22-11-14(9-20-22)16(23)21-17(12-19)7-3-4-8-17;/h1-2,5-6,9,11H,3-4,7-8,10,12,19H2,(H,21,23);1H. The predicted molar refractivity (Wildman–Crippen MR) is 97.7 cm³/mol. The van der Waals surface area contributed by atoms with Crippen molar-refractivity contribution in [2.24, 2.45) is 5.73 Å². The van der Waals surface area contributed by atoms with E-state index in [4.69, 9.17) is 17.3 Å². The minimum Gasteiger partial charge on any atom is -0.345 e. The van der Waals surface area contributed by atoms with Crippen LogP contribution in [0.3, 0.4) is 0 Å². The lowest BCUT2D eigenvalue weighted by Crippen LogP contribution is -2.51. The van der Waals surface area contributed by atoms with Crippen molar-refractivity contribution in [3.63, 3.8) is 0 Å². The Kier molecular flexibility index (Phi) is 6.27. The zero-order valence-electron chi connectivity index (χ0n) is 13.4. The molecule has 0 aliphatic heterocycles. The van der Waals surface area contributed by atoms with Crippen molar-refractivity contribution >= 4 is 29.9 Å². The summed E-state index contributed by atoms with van der Waals surface area (Å²) in [6.45, 7) is 1.02. The van der Waals surface area contributed by atoms with Crippen molar-refractivity contribution in [2.75, 3.05) is 6.54 Å². The second kappa shape index (κ2) is 8.01. The largest absolute Gasteiger partial charge is 0.345 e. The smallest absolute Gasteiger partial charge is 0.254 e. The maximum atomic E-state index is 12.5. The van der Waals surface area contributed by atoms with Gasteiger partial charge in [-0.15, -0.1) is 12.4 Å². The lowest BCUT2D eigenvalue weighted by Gasteiger charge is -2.28. The molecule has 3 rings (SSSR count). The van der Waals surface area contributed by atoms with Gasteiger partial charge in [0, 0.05) is 17.8 Å². The van der Waals surface area contributed by atoms with E-state index in [9.17, 15) is 4.79 Å². The molecule has 5 nitrogen and oxygen atoms in total. The number of carbonyl (C=O) groups is 1. The molecule has 0 atom stereocenters. The Balaban J connectivity index is 0.00000208. The molecule has 1 fully saturated rings. The van der Waals surface area contributed by atoms with E-state index < -0.39 is 0 Å². The highest BCUT2D eigenvalue weighted by molar-refractivity contribution is 6.31. The van der Waals surface area contributed by atoms with E-state index in [1.807, 2.05) is 24.3 Å². The number of carbonyl (C=O) groups excluding carboxylic acids is 1. The van der Waals surface area contributed by atoms with Gasteiger partial charge in [0.05, 0.1) is 23.8 Å². The van der Waals surface area contributed by atoms with E-state index in [1.54, 1.807) is 17.1 Å². The number of hydrogen-bond acceptors (Lipinski definition) is 3. The Morgan fingerprint density at radius 3 is 2.71 bits per heavy atom. The Hall–Kier alpha value is -1.56. The van der Waals surface area contributed by atoms with Crippen LogP contribution in [0.5, 0.6) is 0 Å². The fourth-order valence-corrected chi connectivity index (χ4v) is 3.31. The SMILES string of the molecule is Cl.NCC1(NC(=O)c2cnn(Cc3ccccc3Cl)c2)CCCC1. The van der Waals surface area contributed by atoms with Crippen LogP contribution in [0, 0.1) is 0 Å². The van der Waals surface area contributed by atoms with Gasteiger partial charge in [-0.3, -0.25) is 9.48 Å².